The van der Waals surface area contributed by atoms with Crippen LogP contribution < -0.4 is 5.56 Å². The lowest BCUT2D eigenvalue weighted by molar-refractivity contribution is 0.125. The average Bonchev–Trinajstić information content (AvgIpc) is 3.57. The number of nitrogens with one attached hydrogen (secondary N) is 1. The smallest absolute Gasteiger partial charge is 0.252 e. The zero-order chi connectivity index (χ0) is 25.8. The van der Waals surface area contributed by atoms with Crippen molar-refractivity contribution in [3.8, 4) is 0 Å². The Labute approximate surface area is 215 Å². The van der Waals surface area contributed by atoms with Gasteiger partial charge in [-0.05, 0) is 69.6 Å². The summed E-state index contributed by atoms with van der Waals surface area (Å²) >= 11 is 0. The van der Waals surface area contributed by atoms with Crippen LogP contribution in [0.1, 0.15) is 55.1 Å². The number of aromatic amines is 1. The fraction of sp³-hybridized carbons (Fsp3) is 0.310. The summed E-state index contributed by atoms with van der Waals surface area (Å²) in [6.45, 7) is 7.99. The number of pyridine rings is 1. The van der Waals surface area contributed by atoms with Gasteiger partial charge in [-0.1, -0.05) is 57.2 Å². The number of rotatable bonds is 10. The lowest BCUT2D eigenvalue weighted by atomic mass is 9.99. The molecule has 0 saturated heterocycles. The van der Waals surface area contributed by atoms with E-state index >= 15 is 0 Å². The maximum atomic E-state index is 13.2. The Balaban J connectivity index is 1.55. The standard InChI is InChI=1S/C29H32N6O2/c1-4-21-12-13-26-23(15-21)16-24(29(36)30-26)18-34(17-22-9-6-5-7-10-22)27(20(2)3)28-31-32-33-35(28)19-25-11-8-14-37-25/h5-16,20,27H,4,17-19H2,1-3H3,(H,30,36). The number of fused-ring (bicyclic) bond motifs is 1. The molecule has 190 valence electrons. The minimum atomic E-state index is -0.137. The average molecular weight is 497 g/mol. The van der Waals surface area contributed by atoms with Crippen molar-refractivity contribution in [3.05, 3.63) is 112 Å². The summed E-state index contributed by atoms with van der Waals surface area (Å²) in [6.07, 6.45) is 2.59. The van der Waals surface area contributed by atoms with Gasteiger partial charge in [0.2, 0.25) is 0 Å². The Morgan fingerprint density at radius 1 is 1.00 bits per heavy atom. The van der Waals surface area contributed by atoms with Gasteiger partial charge in [0.05, 0.1) is 12.3 Å². The highest BCUT2D eigenvalue weighted by Gasteiger charge is 2.30. The molecule has 3 heterocycles. The zero-order valence-electron chi connectivity index (χ0n) is 21.5. The number of tetrazole rings is 1. The van der Waals surface area contributed by atoms with Gasteiger partial charge in [-0.15, -0.1) is 5.10 Å². The molecule has 5 rings (SSSR count). The molecule has 0 amide bonds. The van der Waals surface area contributed by atoms with E-state index in [1.165, 1.54) is 5.56 Å². The van der Waals surface area contributed by atoms with E-state index in [0.717, 1.165) is 34.5 Å². The fourth-order valence-electron chi connectivity index (χ4n) is 4.90. The molecule has 0 bridgehead atoms. The Kier molecular flexibility index (Phi) is 7.28. The van der Waals surface area contributed by atoms with E-state index in [4.69, 9.17) is 4.42 Å². The monoisotopic (exact) mass is 496 g/mol. The molecule has 0 aliphatic heterocycles. The van der Waals surface area contributed by atoms with Crippen molar-refractivity contribution in [1.82, 2.24) is 30.1 Å². The molecule has 0 radical (unpaired) electrons. The van der Waals surface area contributed by atoms with E-state index in [0.29, 0.717) is 25.2 Å². The quantitative estimate of drug-likeness (QED) is 0.289. The predicted molar refractivity (Wildman–Crippen MR) is 143 cm³/mol. The Morgan fingerprint density at radius 2 is 1.84 bits per heavy atom. The Morgan fingerprint density at radius 3 is 2.57 bits per heavy atom. The van der Waals surface area contributed by atoms with Crippen LogP contribution in [-0.4, -0.2) is 30.1 Å². The first-order valence-electron chi connectivity index (χ1n) is 12.7. The first-order valence-corrected chi connectivity index (χ1v) is 12.7. The fourth-order valence-corrected chi connectivity index (χ4v) is 4.90. The molecule has 0 saturated carbocycles. The van der Waals surface area contributed by atoms with Gasteiger partial charge in [0.25, 0.3) is 5.56 Å². The number of hydrogen-bond donors (Lipinski definition) is 1. The number of aromatic nitrogens is 5. The number of benzene rings is 2. The summed E-state index contributed by atoms with van der Waals surface area (Å²) < 4.78 is 7.35. The van der Waals surface area contributed by atoms with Crippen LogP contribution in [0.25, 0.3) is 10.9 Å². The summed E-state index contributed by atoms with van der Waals surface area (Å²) in [4.78, 5) is 18.6. The number of furan rings is 1. The van der Waals surface area contributed by atoms with Crippen molar-refractivity contribution in [3.63, 3.8) is 0 Å². The van der Waals surface area contributed by atoms with E-state index in [1.54, 1.807) is 10.9 Å². The third kappa shape index (κ3) is 5.54. The normalized spacial score (nSPS) is 12.6. The maximum Gasteiger partial charge on any atom is 0.252 e. The van der Waals surface area contributed by atoms with Crippen LogP contribution >= 0.6 is 0 Å². The molecule has 1 N–H and O–H groups in total. The maximum absolute atomic E-state index is 13.2. The molecule has 8 nitrogen and oxygen atoms in total. The summed E-state index contributed by atoms with van der Waals surface area (Å²) in [5.74, 6) is 1.70. The molecule has 0 aliphatic rings. The Hall–Kier alpha value is -4.04. The molecule has 0 aliphatic carbocycles. The van der Waals surface area contributed by atoms with Crippen LogP contribution in [0.5, 0.6) is 0 Å². The van der Waals surface area contributed by atoms with Gasteiger partial charge in [-0.25, -0.2) is 4.68 Å². The number of hydrogen-bond acceptors (Lipinski definition) is 6. The van der Waals surface area contributed by atoms with Gasteiger partial charge >= 0.3 is 0 Å². The third-order valence-electron chi connectivity index (χ3n) is 6.73. The first-order chi connectivity index (χ1) is 18.0. The number of aryl methyl sites for hydroxylation is 1. The van der Waals surface area contributed by atoms with Crippen LogP contribution in [-0.2, 0) is 26.1 Å². The van der Waals surface area contributed by atoms with Crippen molar-refractivity contribution in [1.29, 1.82) is 0 Å². The van der Waals surface area contributed by atoms with Gasteiger partial charge in [0.1, 0.15) is 12.3 Å². The van der Waals surface area contributed by atoms with Crippen molar-refractivity contribution in [2.75, 3.05) is 0 Å². The predicted octanol–water partition coefficient (Wildman–Crippen LogP) is 5.12. The van der Waals surface area contributed by atoms with Crippen LogP contribution in [0, 0.1) is 5.92 Å². The van der Waals surface area contributed by atoms with Crippen LogP contribution in [0.15, 0.2) is 82.2 Å². The minimum Gasteiger partial charge on any atom is -0.467 e. The molecule has 0 spiro atoms. The van der Waals surface area contributed by atoms with Gasteiger partial charge in [0.15, 0.2) is 5.82 Å². The summed E-state index contributed by atoms with van der Waals surface area (Å²) in [5, 5.41) is 13.8. The summed E-state index contributed by atoms with van der Waals surface area (Å²) in [7, 11) is 0. The number of nitrogens with zero attached hydrogens (tertiary/aromatic N) is 5. The topological polar surface area (TPSA) is 92.8 Å². The molecular weight excluding hydrogens is 464 g/mol. The van der Waals surface area contributed by atoms with Crippen molar-refractivity contribution >= 4 is 10.9 Å². The second-order valence-electron chi connectivity index (χ2n) is 9.75. The van der Waals surface area contributed by atoms with Gasteiger partial charge in [-0.3, -0.25) is 9.69 Å². The molecular formula is C29H32N6O2. The van der Waals surface area contributed by atoms with Crippen LogP contribution in [0.2, 0.25) is 0 Å². The van der Waals surface area contributed by atoms with E-state index in [9.17, 15) is 4.79 Å². The van der Waals surface area contributed by atoms with Gasteiger partial charge < -0.3 is 9.40 Å². The van der Waals surface area contributed by atoms with E-state index in [1.807, 2.05) is 42.5 Å². The molecule has 5 aromatic rings. The minimum absolute atomic E-state index is 0.0764. The third-order valence-corrected chi connectivity index (χ3v) is 6.73. The summed E-state index contributed by atoms with van der Waals surface area (Å²) in [5.41, 5.74) is 3.88. The molecule has 37 heavy (non-hydrogen) atoms. The largest absolute Gasteiger partial charge is 0.467 e. The highest BCUT2D eigenvalue weighted by molar-refractivity contribution is 5.79. The molecule has 1 atom stereocenters. The van der Waals surface area contributed by atoms with E-state index in [-0.39, 0.29) is 17.5 Å². The van der Waals surface area contributed by atoms with Crippen LogP contribution in [0.4, 0.5) is 0 Å². The van der Waals surface area contributed by atoms with E-state index in [2.05, 4.69) is 70.4 Å². The molecule has 2 aromatic carbocycles. The van der Waals surface area contributed by atoms with Gasteiger partial charge in [-0.2, -0.15) is 0 Å². The highest BCUT2D eigenvalue weighted by atomic mass is 16.3. The molecule has 8 heteroatoms. The second kappa shape index (κ2) is 10.9. The molecule has 1 unspecified atom stereocenters. The lowest BCUT2D eigenvalue weighted by Gasteiger charge is -2.33. The van der Waals surface area contributed by atoms with Crippen molar-refractivity contribution in [2.45, 2.75) is 52.9 Å². The van der Waals surface area contributed by atoms with Crippen molar-refractivity contribution in [2.24, 2.45) is 5.92 Å². The molecule has 0 fully saturated rings. The highest BCUT2D eigenvalue weighted by Crippen LogP contribution is 2.30. The lowest BCUT2D eigenvalue weighted by Crippen LogP contribution is -2.35. The van der Waals surface area contributed by atoms with Gasteiger partial charge in [0, 0.05) is 24.2 Å². The second-order valence-corrected chi connectivity index (χ2v) is 9.75. The number of H-pyrrole nitrogens is 1. The zero-order valence-corrected chi connectivity index (χ0v) is 21.5. The van der Waals surface area contributed by atoms with Crippen molar-refractivity contribution < 1.29 is 4.42 Å². The SMILES string of the molecule is CCc1ccc2[nH]c(=O)c(CN(Cc3ccccc3)C(c3nnnn3Cc3ccco3)C(C)C)cc2c1. The first kappa shape index (κ1) is 24.6. The summed E-state index contributed by atoms with van der Waals surface area (Å²) in [6, 6.07) is 22.2. The molecule has 3 aromatic heterocycles. The van der Waals surface area contributed by atoms with E-state index < -0.39 is 0 Å². The Bertz CT molecular complexity index is 1500. The van der Waals surface area contributed by atoms with Crippen LogP contribution in [0.3, 0.4) is 0 Å².